The Morgan fingerprint density at radius 1 is 1.25 bits per heavy atom. The molecular formula is C14H11ClFN3O. The van der Waals surface area contributed by atoms with Crippen molar-refractivity contribution in [3.05, 3.63) is 47.4 Å². The Bertz CT molecular complexity index is 755. The summed E-state index contributed by atoms with van der Waals surface area (Å²) in [6.45, 7) is 0.321. The van der Waals surface area contributed by atoms with Gasteiger partial charge in [-0.05, 0) is 30.3 Å². The fraction of sp³-hybridized carbons (Fsp3) is 0.143. The van der Waals surface area contributed by atoms with Crippen LogP contribution in [0.4, 0.5) is 4.39 Å². The summed E-state index contributed by atoms with van der Waals surface area (Å²) in [4.78, 5) is 8.72. The Labute approximate surface area is 119 Å². The maximum absolute atomic E-state index is 13.0. The highest BCUT2D eigenvalue weighted by atomic mass is 35.5. The number of nitrogens with zero attached hydrogens (tertiary/aromatic N) is 3. The van der Waals surface area contributed by atoms with Gasteiger partial charge < -0.3 is 9.67 Å². The van der Waals surface area contributed by atoms with E-state index in [1.54, 1.807) is 22.8 Å². The van der Waals surface area contributed by atoms with E-state index in [1.165, 1.54) is 18.3 Å². The van der Waals surface area contributed by atoms with E-state index in [9.17, 15) is 9.50 Å². The monoisotopic (exact) mass is 291 g/mol. The standard InChI is InChI=1S/C14H11ClFN3O/c15-10-7-12-14(17-8-10)19(5-6-20)13(18-12)9-1-3-11(16)4-2-9/h1-4,7-8,20H,5-6H2. The molecule has 0 aliphatic heterocycles. The molecule has 0 aliphatic rings. The molecule has 0 atom stereocenters. The van der Waals surface area contributed by atoms with Gasteiger partial charge in [-0.1, -0.05) is 11.6 Å². The van der Waals surface area contributed by atoms with Crippen LogP contribution in [0.25, 0.3) is 22.6 Å². The second-order valence-electron chi connectivity index (χ2n) is 4.31. The van der Waals surface area contributed by atoms with Crippen molar-refractivity contribution in [3.8, 4) is 11.4 Å². The average Bonchev–Trinajstić information content (AvgIpc) is 2.78. The quantitative estimate of drug-likeness (QED) is 0.807. The van der Waals surface area contributed by atoms with E-state index < -0.39 is 0 Å². The van der Waals surface area contributed by atoms with E-state index in [1.807, 2.05) is 0 Å². The summed E-state index contributed by atoms with van der Waals surface area (Å²) in [6.07, 6.45) is 1.54. The van der Waals surface area contributed by atoms with Gasteiger partial charge in [0.1, 0.15) is 17.2 Å². The average molecular weight is 292 g/mol. The number of aromatic nitrogens is 3. The van der Waals surface area contributed by atoms with Crippen LogP contribution in [-0.4, -0.2) is 26.2 Å². The summed E-state index contributed by atoms with van der Waals surface area (Å²) in [5.74, 6) is 0.323. The van der Waals surface area contributed by atoms with Crippen molar-refractivity contribution >= 4 is 22.8 Å². The van der Waals surface area contributed by atoms with Gasteiger partial charge in [-0.25, -0.2) is 14.4 Å². The number of aliphatic hydroxyl groups is 1. The topological polar surface area (TPSA) is 50.9 Å². The number of benzene rings is 1. The fourth-order valence-corrected chi connectivity index (χ4v) is 2.27. The first kappa shape index (κ1) is 13.0. The van der Waals surface area contributed by atoms with E-state index in [4.69, 9.17) is 11.6 Å². The van der Waals surface area contributed by atoms with Crippen molar-refractivity contribution in [1.29, 1.82) is 0 Å². The van der Waals surface area contributed by atoms with E-state index in [0.29, 0.717) is 28.6 Å². The highest BCUT2D eigenvalue weighted by Gasteiger charge is 2.13. The normalized spacial score (nSPS) is 11.2. The zero-order valence-corrected chi connectivity index (χ0v) is 11.2. The van der Waals surface area contributed by atoms with E-state index in [-0.39, 0.29) is 12.4 Å². The molecule has 0 unspecified atom stereocenters. The van der Waals surface area contributed by atoms with Crippen LogP contribution in [0.2, 0.25) is 5.02 Å². The molecule has 4 nitrogen and oxygen atoms in total. The number of rotatable bonds is 3. The van der Waals surface area contributed by atoms with Gasteiger partial charge in [-0.3, -0.25) is 0 Å². The summed E-state index contributed by atoms with van der Waals surface area (Å²) in [5, 5.41) is 9.70. The van der Waals surface area contributed by atoms with Crippen LogP contribution in [0.1, 0.15) is 0 Å². The number of imidazole rings is 1. The largest absolute Gasteiger partial charge is 0.395 e. The Morgan fingerprint density at radius 3 is 2.70 bits per heavy atom. The summed E-state index contributed by atoms with van der Waals surface area (Å²) < 4.78 is 14.8. The molecule has 0 bridgehead atoms. The Morgan fingerprint density at radius 2 is 2.00 bits per heavy atom. The van der Waals surface area contributed by atoms with E-state index >= 15 is 0 Å². The third-order valence-electron chi connectivity index (χ3n) is 2.98. The van der Waals surface area contributed by atoms with Crippen LogP contribution in [0.5, 0.6) is 0 Å². The van der Waals surface area contributed by atoms with Crippen molar-refractivity contribution in [1.82, 2.24) is 14.5 Å². The zero-order chi connectivity index (χ0) is 14.1. The van der Waals surface area contributed by atoms with Crippen LogP contribution < -0.4 is 0 Å². The van der Waals surface area contributed by atoms with Gasteiger partial charge in [0.25, 0.3) is 0 Å². The molecule has 1 N–H and O–H groups in total. The smallest absolute Gasteiger partial charge is 0.160 e. The lowest BCUT2D eigenvalue weighted by atomic mass is 10.2. The van der Waals surface area contributed by atoms with Crippen molar-refractivity contribution in [2.45, 2.75) is 6.54 Å². The van der Waals surface area contributed by atoms with E-state index in [0.717, 1.165) is 5.56 Å². The van der Waals surface area contributed by atoms with Gasteiger partial charge >= 0.3 is 0 Å². The highest BCUT2D eigenvalue weighted by Crippen LogP contribution is 2.25. The molecule has 0 aliphatic carbocycles. The molecule has 3 aromatic rings. The lowest BCUT2D eigenvalue weighted by Crippen LogP contribution is -2.05. The Hall–Kier alpha value is -1.98. The molecule has 0 spiro atoms. The molecular weight excluding hydrogens is 281 g/mol. The summed E-state index contributed by atoms with van der Waals surface area (Å²) >= 11 is 5.91. The van der Waals surface area contributed by atoms with Crippen LogP contribution in [0.15, 0.2) is 36.5 Å². The second kappa shape index (κ2) is 5.19. The summed E-state index contributed by atoms with van der Waals surface area (Å²) in [5.41, 5.74) is 2.04. The van der Waals surface area contributed by atoms with Crippen molar-refractivity contribution in [2.24, 2.45) is 0 Å². The molecule has 2 heterocycles. The number of fused-ring (bicyclic) bond motifs is 1. The molecule has 0 fully saturated rings. The minimum atomic E-state index is -0.306. The molecule has 102 valence electrons. The number of pyridine rings is 1. The molecule has 0 saturated carbocycles. The maximum Gasteiger partial charge on any atom is 0.160 e. The van der Waals surface area contributed by atoms with Crippen molar-refractivity contribution in [3.63, 3.8) is 0 Å². The predicted molar refractivity (Wildman–Crippen MR) is 75.0 cm³/mol. The first-order valence-electron chi connectivity index (χ1n) is 6.07. The first-order chi connectivity index (χ1) is 9.69. The van der Waals surface area contributed by atoms with Gasteiger partial charge in [-0.2, -0.15) is 0 Å². The zero-order valence-electron chi connectivity index (χ0n) is 10.4. The predicted octanol–water partition coefficient (Wildman–Crippen LogP) is 2.88. The second-order valence-corrected chi connectivity index (χ2v) is 4.75. The minimum absolute atomic E-state index is 0.0377. The SMILES string of the molecule is OCCn1c(-c2ccc(F)cc2)nc2cc(Cl)cnc21. The van der Waals surface area contributed by atoms with Gasteiger partial charge in [-0.15, -0.1) is 0 Å². The van der Waals surface area contributed by atoms with Crippen LogP contribution in [-0.2, 0) is 6.54 Å². The van der Waals surface area contributed by atoms with Crippen molar-refractivity contribution in [2.75, 3.05) is 6.61 Å². The third kappa shape index (κ3) is 2.26. The third-order valence-corrected chi connectivity index (χ3v) is 3.18. The number of halogens is 2. The number of aliphatic hydroxyl groups excluding tert-OH is 1. The molecule has 6 heteroatoms. The molecule has 1 aromatic carbocycles. The molecule has 2 aromatic heterocycles. The van der Waals surface area contributed by atoms with Crippen LogP contribution in [0, 0.1) is 5.82 Å². The highest BCUT2D eigenvalue weighted by molar-refractivity contribution is 6.31. The molecule has 0 radical (unpaired) electrons. The van der Waals surface area contributed by atoms with Crippen molar-refractivity contribution < 1.29 is 9.50 Å². The molecule has 0 saturated heterocycles. The van der Waals surface area contributed by atoms with Gasteiger partial charge in [0.15, 0.2) is 5.65 Å². The van der Waals surface area contributed by atoms with Gasteiger partial charge in [0.2, 0.25) is 0 Å². The molecule has 20 heavy (non-hydrogen) atoms. The summed E-state index contributed by atoms with van der Waals surface area (Å²) in [7, 11) is 0. The molecule has 3 rings (SSSR count). The fourth-order valence-electron chi connectivity index (χ4n) is 2.12. The number of hydrogen-bond acceptors (Lipinski definition) is 3. The lowest BCUT2D eigenvalue weighted by molar-refractivity contribution is 0.278. The first-order valence-corrected chi connectivity index (χ1v) is 6.45. The lowest BCUT2D eigenvalue weighted by Gasteiger charge is -2.06. The van der Waals surface area contributed by atoms with Gasteiger partial charge in [0.05, 0.1) is 11.6 Å². The van der Waals surface area contributed by atoms with Gasteiger partial charge in [0, 0.05) is 18.3 Å². The molecule has 0 amide bonds. The maximum atomic E-state index is 13.0. The van der Waals surface area contributed by atoms with Crippen LogP contribution >= 0.6 is 11.6 Å². The Kier molecular flexibility index (Phi) is 3.38. The Balaban J connectivity index is 2.22. The van der Waals surface area contributed by atoms with Crippen LogP contribution in [0.3, 0.4) is 0 Å². The summed E-state index contributed by atoms with van der Waals surface area (Å²) in [6, 6.07) is 7.75. The van der Waals surface area contributed by atoms with E-state index in [2.05, 4.69) is 9.97 Å². The number of hydrogen-bond donors (Lipinski definition) is 1. The minimum Gasteiger partial charge on any atom is -0.395 e.